The van der Waals surface area contributed by atoms with E-state index in [1.807, 2.05) is 22.7 Å². The fourth-order valence-corrected chi connectivity index (χ4v) is 6.56. The number of imidazole rings is 1. The van der Waals surface area contributed by atoms with Gasteiger partial charge in [0.2, 0.25) is 5.82 Å². The largest absolute Gasteiger partial charge is 0.497 e. The average Bonchev–Trinajstić information content (AvgIpc) is 3.43. The number of fused-ring (bicyclic) bond motifs is 4. The molecule has 0 radical (unpaired) electrons. The molecule has 0 atom stereocenters. The molecule has 3 fully saturated rings. The van der Waals surface area contributed by atoms with Gasteiger partial charge in [0.15, 0.2) is 17.4 Å². The summed E-state index contributed by atoms with van der Waals surface area (Å²) in [5.74, 6) is -5.18. The van der Waals surface area contributed by atoms with Crippen LogP contribution in [0.15, 0.2) is 59.3 Å². The molecule has 3 saturated carbocycles. The van der Waals surface area contributed by atoms with Crippen molar-refractivity contribution in [2.45, 2.75) is 50.5 Å². The molecule has 0 spiro atoms. The van der Waals surface area contributed by atoms with Gasteiger partial charge < -0.3 is 19.2 Å². The molecule has 4 aromatic rings. The molecular weight excluding hydrogens is 599 g/mol. The van der Waals surface area contributed by atoms with Crippen LogP contribution in [0.4, 0.5) is 13.2 Å². The fraction of sp³-hybridized carbons (Fsp3) is 0.355. The number of pyridine rings is 1. The number of carbonyl (C=O) groups is 1. The van der Waals surface area contributed by atoms with Gasteiger partial charge in [-0.1, -0.05) is 28.1 Å². The third-order valence-electron chi connectivity index (χ3n) is 8.89. The maximum atomic E-state index is 14.9. The summed E-state index contributed by atoms with van der Waals surface area (Å²) < 4.78 is 57.8. The summed E-state index contributed by atoms with van der Waals surface area (Å²) in [5, 5.41) is 2.76. The number of hydrogen-bond acceptors (Lipinski definition) is 4. The Labute approximate surface area is 244 Å². The number of nitrogens with zero attached hydrogens (tertiary/aromatic N) is 2. The third kappa shape index (κ3) is 5.18. The molecule has 3 aliphatic rings. The van der Waals surface area contributed by atoms with Crippen LogP contribution in [0.25, 0.3) is 5.65 Å². The van der Waals surface area contributed by atoms with Crippen LogP contribution in [0.2, 0.25) is 0 Å². The summed E-state index contributed by atoms with van der Waals surface area (Å²) in [6, 6.07) is 11.4. The summed E-state index contributed by atoms with van der Waals surface area (Å²) in [6.07, 6.45) is 9.56. The summed E-state index contributed by atoms with van der Waals surface area (Å²) >= 11 is 3.50. The van der Waals surface area contributed by atoms with Crippen LogP contribution in [0, 0.1) is 22.9 Å². The Morgan fingerprint density at radius 3 is 2.41 bits per heavy atom. The Bertz CT molecular complexity index is 1600. The minimum atomic E-state index is -1.53. The summed E-state index contributed by atoms with van der Waals surface area (Å²) in [7, 11) is 1.52. The molecule has 2 bridgehead atoms. The van der Waals surface area contributed by atoms with Crippen molar-refractivity contribution in [3.8, 4) is 11.5 Å². The van der Waals surface area contributed by atoms with E-state index in [9.17, 15) is 18.0 Å². The van der Waals surface area contributed by atoms with Crippen LogP contribution in [0.1, 0.15) is 60.1 Å². The van der Waals surface area contributed by atoms with Gasteiger partial charge in [0.05, 0.1) is 18.4 Å². The lowest BCUT2D eigenvalue weighted by Gasteiger charge is -2.53. The molecule has 41 heavy (non-hydrogen) atoms. The SMILES string of the molecule is COc1ccc(COc2c(F)cc(C(=O)NCC34CCC(c5cn6ccc(Br)cc6n5)(CC3)CC4)c(F)c2F)cc1. The summed E-state index contributed by atoms with van der Waals surface area (Å²) in [6.45, 7) is 0.137. The Kier molecular flexibility index (Phi) is 7.21. The fourth-order valence-electron chi connectivity index (χ4n) is 6.24. The Balaban J connectivity index is 1.10. The molecule has 6 nitrogen and oxygen atoms in total. The second-order valence-electron chi connectivity index (χ2n) is 11.2. The zero-order valence-corrected chi connectivity index (χ0v) is 24.1. The number of aromatic nitrogens is 2. The molecule has 1 N–H and O–H groups in total. The third-order valence-corrected chi connectivity index (χ3v) is 9.39. The molecule has 3 aliphatic carbocycles. The number of carbonyl (C=O) groups excluding carboxylic acids is 1. The lowest BCUT2D eigenvalue weighted by molar-refractivity contribution is 0.0368. The Morgan fingerprint density at radius 2 is 1.73 bits per heavy atom. The van der Waals surface area contributed by atoms with Crippen LogP contribution >= 0.6 is 15.9 Å². The van der Waals surface area contributed by atoms with Crippen molar-refractivity contribution in [3.63, 3.8) is 0 Å². The lowest BCUT2D eigenvalue weighted by Crippen LogP contribution is -2.49. The second kappa shape index (κ2) is 10.7. The zero-order chi connectivity index (χ0) is 28.8. The standard InChI is InChI=1S/C31H29BrF3N3O3/c1-40-21-4-2-19(3-5-21)17-41-28-23(33)15-22(26(34)27(28)35)29(39)36-18-30-7-10-31(11-8-30,12-9-30)24-16-38-13-6-20(32)14-25(38)37-24/h2-6,13-16H,7-12,17-18H2,1H3,(H,36,39). The number of ether oxygens (including phenoxy) is 2. The van der Waals surface area contributed by atoms with Gasteiger partial charge in [0.25, 0.3) is 5.91 Å². The number of amides is 1. The predicted octanol–water partition coefficient (Wildman–Crippen LogP) is 7.12. The highest BCUT2D eigenvalue weighted by molar-refractivity contribution is 9.10. The topological polar surface area (TPSA) is 64.9 Å². The molecule has 0 unspecified atom stereocenters. The van der Waals surface area contributed by atoms with Crippen molar-refractivity contribution in [2.24, 2.45) is 5.41 Å². The quantitative estimate of drug-likeness (QED) is 0.211. The van der Waals surface area contributed by atoms with Gasteiger partial charge in [-0.3, -0.25) is 4.79 Å². The maximum absolute atomic E-state index is 14.9. The van der Waals surface area contributed by atoms with Crippen LogP contribution < -0.4 is 14.8 Å². The molecule has 0 aliphatic heterocycles. The molecule has 2 aromatic carbocycles. The van der Waals surface area contributed by atoms with E-state index in [0.29, 0.717) is 23.9 Å². The summed E-state index contributed by atoms with van der Waals surface area (Å²) in [4.78, 5) is 17.8. The van der Waals surface area contributed by atoms with Gasteiger partial charge in [-0.2, -0.15) is 4.39 Å². The van der Waals surface area contributed by atoms with Crippen molar-refractivity contribution < 1.29 is 27.4 Å². The lowest BCUT2D eigenvalue weighted by atomic mass is 9.53. The zero-order valence-electron chi connectivity index (χ0n) is 22.5. The van der Waals surface area contributed by atoms with Crippen LogP contribution in [0.5, 0.6) is 11.5 Å². The average molecular weight is 628 g/mol. The van der Waals surface area contributed by atoms with Crippen molar-refractivity contribution in [1.82, 2.24) is 14.7 Å². The van der Waals surface area contributed by atoms with E-state index >= 15 is 0 Å². The molecule has 10 heteroatoms. The number of benzene rings is 2. The van der Waals surface area contributed by atoms with Crippen molar-refractivity contribution >= 4 is 27.5 Å². The van der Waals surface area contributed by atoms with Gasteiger partial charge in [-0.25, -0.2) is 13.8 Å². The van der Waals surface area contributed by atoms with E-state index in [1.54, 1.807) is 24.3 Å². The first-order valence-electron chi connectivity index (χ1n) is 13.6. The summed E-state index contributed by atoms with van der Waals surface area (Å²) in [5.41, 5.74) is 1.81. The monoisotopic (exact) mass is 627 g/mol. The van der Waals surface area contributed by atoms with Gasteiger partial charge in [0, 0.05) is 28.8 Å². The van der Waals surface area contributed by atoms with E-state index in [1.165, 1.54) is 7.11 Å². The highest BCUT2D eigenvalue weighted by atomic mass is 79.9. The normalized spacial score (nSPS) is 21.7. The molecule has 7 rings (SSSR count). The molecule has 2 aromatic heterocycles. The van der Waals surface area contributed by atoms with E-state index in [-0.39, 0.29) is 17.4 Å². The predicted molar refractivity (Wildman–Crippen MR) is 151 cm³/mol. The van der Waals surface area contributed by atoms with Gasteiger partial charge in [-0.15, -0.1) is 0 Å². The van der Waals surface area contributed by atoms with Crippen LogP contribution in [-0.4, -0.2) is 28.9 Å². The molecular formula is C31H29BrF3N3O3. The molecule has 214 valence electrons. The Hall–Kier alpha value is -3.53. The molecule has 0 saturated heterocycles. The van der Waals surface area contributed by atoms with Gasteiger partial charge in [-0.05, 0) is 79.8 Å². The second-order valence-corrected chi connectivity index (χ2v) is 12.1. The smallest absolute Gasteiger partial charge is 0.254 e. The first-order valence-corrected chi connectivity index (χ1v) is 14.4. The van der Waals surface area contributed by atoms with Crippen LogP contribution in [-0.2, 0) is 12.0 Å². The first kappa shape index (κ1) is 27.6. The van der Waals surface area contributed by atoms with E-state index in [0.717, 1.165) is 54.3 Å². The first-order chi connectivity index (χ1) is 19.7. The van der Waals surface area contributed by atoms with Crippen molar-refractivity contribution in [3.05, 3.63) is 93.6 Å². The highest BCUT2D eigenvalue weighted by Gasteiger charge is 2.50. The molecule has 2 heterocycles. The number of nitrogens with one attached hydrogen (secondary N) is 1. The van der Waals surface area contributed by atoms with Crippen molar-refractivity contribution in [1.29, 1.82) is 0 Å². The number of rotatable bonds is 8. The minimum absolute atomic E-state index is 0.00424. The number of halogens is 4. The number of hydrogen-bond donors (Lipinski definition) is 1. The van der Waals surface area contributed by atoms with Gasteiger partial charge >= 0.3 is 0 Å². The Morgan fingerprint density at radius 1 is 1.02 bits per heavy atom. The van der Waals surface area contributed by atoms with Gasteiger partial charge in [0.1, 0.15) is 18.0 Å². The van der Waals surface area contributed by atoms with E-state index in [4.69, 9.17) is 14.5 Å². The minimum Gasteiger partial charge on any atom is -0.497 e. The van der Waals surface area contributed by atoms with E-state index in [2.05, 4.69) is 27.4 Å². The maximum Gasteiger partial charge on any atom is 0.254 e. The van der Waals surface area contributed by atoms with Crippen LogP contribution in [0.3, 0.4) is 0 Å². The highest BCUT2D eigenvalue weighted by Crippen LogP contribution is 2.57. The number of methoxy groups -OCH3 is 1. The van der Waals surface area contributed by atoms with Crippen molar-refractivity contribution in [2.75, 3.05) is 13.7 Å². The molecule has 1 amide bonds. The van der Waals surface area contributed by atoms with E-state index < -0.39 is 34.7 Å².